The summed E-state index contributed by atoms with van der Waals surface area (Å²) in [7, 11) is 0. The molecule has 2 atom stereocenters. The van der Waals surface area contributed by atoms with Crippen LogP contribution in [0.5, 0.6) is 0 Å². The molecule has 1 aromatic rings. The number of carbonyl (C=O) groups is 1. The van der Waals surface area contributed by atoms with Crippen molar-refractivity contribution in [2.24, 2.45) is 0 Å². The van der Waals surface area contributed by atoms with Gasteiger partial charge in [0.05, 0.1) is 19.3 Å². The third kappa shape index (κ3) is 4.44. The molecule has 0 aromatic carbocycles. The van der Waals surface area contributed by atoms with Crippen LogP contribution in [0.4, 0.5) is 0 Å². The van der Waals surface area contributed by atoms with E-state index < -0.39 is 12.1 Å². The van der Waals surface area contributed by atoms with E-state index in [0.29, 0.717) is 19.6 Å². The van der Waals surface area contributed by atoms with Crippen molar-refractivity contribution in [3.8, 4) is 0 Å². The normalized spacial score (nSPS) is 22.2. The molecule has 1 fully saturated rings. The molecule has 1 saturated heterocycles. The van der Waals surface area contributed by atoms with E-state index in [9.17, 15) is 4.79 Å². The van der Waals surface area contributed by atoms with Crippen LogP contribution >= 0.6 is 0 Å². The molecule has 0 amide bonds. The minimum absolute atomic E-state index is 0.0683. The second-order valence-electron chi connectivity index (χ2n) is 3.61. The maximum atomic E-state index is 10.8. The molecule has 0 spiro atoms. The third-order valence-electron chi connectivity index (χ3n) is 2.32. The molecule has 1 aliphatic heterocycles. The molecule has 1 aromatic heterocycles. The number of imidazole rings is 1. The first-order valence-corrected chi connectivity index (χ1v) is 5.76. The van der Waals surface area contributed by atoms with E-state index in [2.05, 4.69) is 14.7 Å². The SMILES string of the molecule is CCOC(=O)c1ncc[nH]1.OC[C@H]1OCC[C@@H]1O. The van der Waals surface area contributed by atoms with Gasteiger partial charge in [0.15, 0.2) is 0 Å². The fraction of sp³-hybridized carbons (Fsp3) is 0.636. The fourth-order valence-electron chi connectivity index (χ4n) is 1.39. The Morgan fingerprint density at radius 2 is 2.50 bits per heavy atom. The summed E-state index contributed by atoms with van der Waals surface area (Å²) in [6.07, 6.45) is 2.97. The number of ether oxygens (including phenoxy) is 2. The van der Waals surface area contributed by atoms with Gasteiger partial charge in [0.1, 0.15) is 6.10 Å². The average molecular weight is 258 g/mol. The Balaban J connectivity index is 0.000000184. The van der Waals surface area contributed by atoms with Crippen molar-refractivity contribution < 1.29 is 24.5 Å². The molecular weight excluding hydrogens is 240 g/mol. The largest absolute Gasteiger partial charge is 0.460 e. The highest BCUT2D eigenvalue weighted by atomic mass is 16.5. The van der Waals surface area contributed by atoms with Crippen LogP contribution in [0.1, 0.15) is 24.0 Å². The van der Waals surface area contributed by atoms with E-state index in [4.69, 9.17) is 14.9 Å². The molecule has 0 unspecified atom stereocenters. The summed E-state index contributed by atoms with van der Waals surface area (Å²) >= 11 is 0. The Labute approximate surface area is 105 Å². The smallest absolute Gasteiger partial charge is 0.374 e. The first-order valence-electron chi connectivity index (χ1n) is 5.76. The maximum Gasteiger partial charge on any atom is 0.374 e. The van der Waals surface area contributed by atoms with Crippen LogP contribution in [0.3, 0.4) is 0 Å². The van der Waals surface area contributed by atoms with E-state index in [1.165, 1.54) is 6.20 Å². The number of H-pyrrole nitrogens is 1. The van der Waals surface area contributed by atoms with Crippen LogP contribution in [0.25, 0.3) is 0 Å². The minimum Gasteiger partial charge on any atom is -0.460 e. The highest BCUT2D eigenvalue weighted by molar-refractivity contribution is 5.84. The number of hydrogen-bond acceptors (Lipinski definition) is 6. The highest BCUT2D eigenvalue weighted by Crippen LogP contribution is 2.11. The van der Waals surface area contributed by atoms with Crippen LogP contribution in [0, 0.1) is 0 Å². The van der Waals surface area contributed by atoms with Gasteiger partial charge < -0.3 is 24.7 Å². The predicted molar refractivity (Wildman–Crippen MR) is 62.0 cm³/mol. The lowest BCUT2D eigenvalue weighted by Gasteiger charge is -2.07. The Morgan fingerprint density at radius 3 is 2.89 bits per heavy atom. The zero-order valence-electron chi connectivity index (χ0n) is 10.2. The molecule has 0 saturated carbocycles. The molecular formula is C11H18N2O5. The van der Waals surface area contributed by atoms with E-state index >= 15 is 0 Å². The van der Waals surface area contributed by atoms with E-state index in [1.54, 1.807) is 13.1 Å². The van der Waals surface area contributed by atoms with Gasteiger partial charge in [-0.3, -0.25) is 0 Å². The van der Waals surface area contributed by atoms with Gasteiger partial charge in [0.25, 0.3) is 0 Å². The van der Waals surface area contributed by atoms with Gasteiger partial charge in [-0.25, -0.2) is 9.78 Å². The molecule has 0 bridgehead atoms. The summed E-state index contributed by atoms with van der Waals surface area (Å²) in [5.74, 6) is -0.158. The first kappa shape index (κ1) is 14.6. The Bertz CT molecular complexity index is 341. The highest BCUT2D eigenvalue weighted by Gasteiger charge is 2.24. The molecule has 7 nitrogen and oxygen atoms in total. The number of aliphatic hydroxyl groups excluding tert-OH is 2. The van der Waals surface area contributed by atoms with Crippen LogP contribution < -0.4 is 0 Å². The van der Waals surface area contributed by atoms with Gasteiger partial charge >= 0.3 is 5.97 Å². The second kappa shape index (κ2) is 7.80. The van der Waals surface area contributed by atoms with Crippen molar-refractivity contribution >= 4 is 5.97 Å². The summed E-state index contributed by atoms with van der Waals surface area (Å²) in [6.45, 7) is 2.63. The van der Waals surface area contributed by atoms with Crippen molar-refractivity contribution in [1.29, 1.82) is 0 Å². The number of esters is 1. The number of rotatable bonds is 3. The maximum absolute atomic E-state index is 10.8. The number of carbonyl (C=O) groups excluding carboxylic acids is 1. The number of nitrogens with zero attached hydrogens (tertiary/aromatic N) is 1. The molecule has 2 heterocycles. The molecule has 0 aliphatic carbocycles. The van der Waals surface area contributed by atoms with Gasteiger partial charge in [0, 0.05) is 19.0 Å². The van der Waals surface area contributed by atoms with E-state index in [1.807, 2.05) is 0 Å². The van der Waals surface area contributed by atoms with Gasteiger partial charge in [0.2, 0.25) is 5.82 Å². The van der Waals surface area contributed by atoms with Gasteiger partial charge in [-0.1, -0.05) is 0 Å². The predicted octanol–water partition coefficient (Wildman–Crippen LogP) is -0.285. The third-order valence-corrected chi connectivity index (χ3v) is 2.32. The average Bonchev–Trinajstić information content (AvgIpc) is 3.00. The Morgan fingerprint density at radius 1 is 1.72 bits per heavy atom. The lowest BCUT2D eigenvalue weighted by atomic mass is 10.2. The van der Waals surface area contributed by atoms with Crippen LogP contribution in [-0.2, 0) is 9.47 Å². The fourth-order valence-corrected chi connectivity index (χ4v) is 1.39. The number of aliphatic hydroxyl groups is 2. The summed E-state index contributed by atoms with van der Waals surface area (Å²) in [5, 5.41) is 17.4. The summed E-state index contributed by atoms with van der Waals surface area (Å²) in [4.78, 5) is 17.1. The quantitative estimate of drug-likeness (QED) is 0.644. The summed E-state index contributed by atoms with van der Waals surface area (Å²) in [6, 6.07) is 0. The van der Waals surface area contributed by atoms with Crippen molar-refractivity contribution in [3.05, 3.63) is 18.2 Å². The van der Waals surface area contributed by atoms with Gasteiger partial charge in [-0.2, -0.15) is 0 Å². The zero-order chi connectivity index (χ0) is 13.4. The van der Waals surface area contributed by atoms with Gasteiger partial charge in [-0.05, 0) is 13.3 Å². The van der Waals surface area contributed by atoms with E-state index in [0.717, 1.165) is 0 Å². The number of hydrogen-bond donors (Lipinski definition) is 3. The molecule has 3 N–H and O–H groups in total. The van der Waals surface area contributed by atoms with Crippen molar-refractivity contribution in [1.82, 2.24) is 9.97 Å². The standard InChI is InChI=1S/C6H8N2O2.C5H10O3/c1-2-10-6(9)5-7-3-4-8-5;6-3-5-4(7)1-2-8-5/h3-4H,2H2,1H3,(H,7,8);4-7H,1-3H2/t;4-,5+/m.0/s1. The topological polar surface area (TPSA) is 105 Å². The molecule has 18 heavy (non-hydrogen) atoms. The van der Waals surface area contributed by atoms with E-state index in [-0.39, 0.29) is 18.5 Å². The minimum atomic E-state index is -0.444. The Hall–Kier alpha value is -1.44. The monoisotopic (exact) mass is 258 g/mol. The van der Waals surface area contributed by atoms with Crippen LogP contribution in [0.15, 0.2) is 12.4 Å². The summed E-state index contributed by atoms with van der Waals surface area (Å²) < 4.78 is 9.57. The zero-order valence-corrected chi connectivity index (χ0v) is 10.2. The van der Waals surface area contributed by atoms with Crippen molar-refractivity contribution in [3.63, 3.8) is 0 Å². The Kier molecular flexibility index (Phi) is 6.34. The van der Waals surface area contributed by atoms with Crippen LogP contribution in [0.2, 0.25) is 0 Å². The number of nitrogens with one attached hydrogen (secondary N) is 1. The van der Waals surface area contributed by atoms with Gasteiger partial charge in [-0.15, -0.1) is 0 Å². The lowest BCUT2D eigenvalue weighted by Crippen LogP contribution is -2.24. The first-order chi connectivity index (χ1) is 8.69. The van der Waals surface area contributed by atoms with Crippen molar-refractivity contribution in [2.75, 3.05) is 19.8 Å². The number of aromatic nitrogens is 2. The molecule has 102 valence electrons. The van der Waals surface area contributed by atoms with Crippen LogP contribution in [-0.4, -0.2) is 58.2 Å². The molecule has 0 radical (unpaired) electrons. The van der Waals surface area contributed by atoms with Crippen molar-refractivity contribution in [2.45, 2.75) is 25.6 Å². The number of aromatic amines is 1. The molecule has 1 aliphatic rings. The second-order valence-corrected chi connectivity index (χ2v) is 3.61. The molecule has 7 heteroatoms. The lowest BCUT2D eigenvalue weighted by molar-refractivity contribution is 0.00406. The molecule has 2 rings (SSSR count). The summed E-state index contributed by atoms with van der Waals surface area (Å²) in [5.41, 5.74) is 0.